The second-order valence-corrected chi connectivity index (χ2v) is 12.1. The van der Waals surface area contributed by atoms with Crippen molar-refractivity contribution in [3.63, 3.8) is 0 Å². The van der Waals surface area contributed by atoms with Crippen LogP contribution in [0.3, 0.4) is 0 Å². The second kappa shape index (κ2) is 12.5. The van der Waals surface area contributed by atoms with E-state index in [2.05, 4.69) is 108 Å². The Labute approximate surface area is 280 Å². The van der Waals surface area contributed by atoms with Gasteiger partial charge in [-0.2, -0.15) is 0 Å². The molecule has 2 aromatic heterocycles. The van der Waals surface area contributed by atoms with Crippen molar-refractivity contribution in [1.29, 1.82) is 0 Å². The van der Waals surface area contributed by atoms with E-state index >= 15 is 0 Å². The maximum atomic E-state index is 11.2. The zero-order valence-corrected chi connectivity index (χ0v) is 26.6. The Hall–Kier alpha value is -6.26. The van der Waals surface area contributed by atoms with Crippen molar-refractivity contribution in [3.05, 3.63) is 175 Å². The zero-order valence-electron chi connectivity index (χ0n) is 26.6. The molecule has 4 nitrogen and oxygen atoms in total. The Morgan fingerprint density at radius 1 is 0.562 bits per heavy atom. The molecule has 0 saturated heterocycles. The number of aryl methyl sites for hydroxylation is 1. The number of fused-ring (bicyclic) bond motifs is 1. The number of phenolic OH excluding ortho intramolecular Hbond substituents is 1. The number of para-hydroxylation sites is 1. The van der Waals surface area contributed by atoms with Gasteiger partial charge in [-0.3, -0.25) is 4.98 Å². The third-order valence-electron chi connectivity index (χ3n) is 9.02. The molecule has 48 heavy (non-hydrogen) atoms. The van der Waals surface area contributed by atoms with Crippen LogP contribution in [-0.2, 0) is 13.5 Å². The molecule has 0 aliphatic heterocycles. The highest BCUT2D eigenvalue weighted by molar-refractivity contribution is 5.96. The zero-order chi connectivity index (χ0) is 32.5. The first kappa shape index (κ1) is 29.2. The summed E-state index contributed by atoms with van der Waals surface area (Å²) in [6.07, 6.45) is 2.64. The number of rotatable bonds is 7. The van der Waals surface area contributed by atoms with Crippen LogP contribution in [0.4, 0.5) is 0 Å². The van der Waals surface area contributed by atoms with Crippen LogP contribution < -0.4 is 0 Å². The fourth-order valence-corrected chi connectivity index (χ4v) is 6.57. The molecule has 0 atom stereocenters. The molecule has 0 bridgehead atoms. The SMILES string of the molecule is Cn1c(-c2c(O)cccc2Cc2ccccc2)nc2c(-c3cc(-c4ccccc4)cc(-c4ccc(-c5ccccc5)cn4)c3)cccc21. The highest BCUT2D eigenvalue weighted by Gasteiger charge is 2.20. The smallest absolute Gasteiger partial charge is 0.144 e. The molecule has 0 aliphatic rings. The van der Waals surface area contributed by atoms with Crippen molar-refractivity contribution in [2.45, 2.75) is 6.42 Å². The number of aromatic hydroxyl groups is 1. The predicted molar refractivity (Wildman–Crippen MR) is 197 cm³/mol. The summed E-state index contributed by atoms with van der Waals surface area (Å²) in [6.45, 7) is 0. The maximum absolute atomic E-state index is 11.2. The lowest BCUT2D eigenvalue weighted by Crippen LogP contribution is -1.98. The van der Waals surface area contributed by atoms with Crippen LogP contribution in [0.2, 0.25) is 0 Å². The molecular weight excluding hydrogens is 587 g/mol. The molecule has 8 aromatic rings. The van der Waals surface area contributed by atoms with E-state index < -0.39 is 0 Å². The number of phenols is 1. The second-order valence-electron chi connectivity index (χ2n) is 12.1. The van der Waals surface area contributed by atoms with E-state index in [9.17, 15) is 5.11 Å². The van der Waals surface area contributed by atoms with Gasteiger partial charge in [-0.15, -0.1) is 0 Å². The summed E-state index contributed by atoms with van der Waals surface area (Å²) in [4.78, 5) is 10.2. The first-order valence-corrected chi connectivity index (χ1v) is 16.2. The molecule has 1 N–H and O–H groups in total. The molecule has 0 saturated carbocycles. The van der Waals surface area contributed by atoms with Gasteiger partial charge in [-0.25, -0.2) is 4.98 Å². The number of pyridine rings is 1. The molecule has 230 valence electrons. The van der Waals surface area contributed by atoms with E-state index in [1.807, 2.05) is 61.8 Å². The van der Waals surface area contributed by atoms with Gasteiger partial charge in [-0.05, 0) is 76.2 Å². The Bertz CT molecular complexity index is 2360. The molecule has 0 spiro atoms. The molecule has 4 heteroatoms. The molecule has 0 unspecified atom stereocenters. The normalized spacial score (nSPS) is 11.2. The first-order valence-electron chi connectivity index (χ1n) is 16.2. The molecule has 0 fully saturated rings. The van der Waals surface area contributed by atoms with Crippen LogP contribution in [0.15, 0.2) is 164 Å². The molecule has 2 heterocycles. The van der Waals surface area contributed by atoms with Crippen LogP contribution >= 0.6 is 0 Å². The molecule has 0 radical (unpaired) electrons. The number of hydrogen-bond donors (Lipinski definition) is 1. The minimum Gasteiger partial charge on any atom is -0.507 e. The van der Waals surface area contributed by atoms with E-state index in [0.29, 0.717) is 6.42 Å². The van der Waals surface area contributed by atoms with Gasteiger partial charge in [0.2, 0.25) is 0 Å². The topological polar surface area (TPSA) is 50.9 Å². The van der Waals surface area contributed by atoms with Gasteiger partial charge in [0.05, 0.1) is 22.3 Å². The minimum absolute atomic E-state index is 0.224. The van der Waals surface area contributed by atoms with Crippen molar-refractivity contribution >= 4 is 11.0 Å². The van der Waals surface area contributed by atoms with Crippen molar-refractivity contribution in [1.82, 2.24) is 14.5 Å². The number of imidazole rings is 1. The molecule has 0 aliphatic carbocycles. The number of hydrogen-bond acceptors (Lipinski definition) is 3. The third kappa shape index (κ3) is 5.54. The number of nitrogens with zero attached hydrogens (tertiary/aromatic N) is 3. The Morgan fingerprint density at radius 2 is 1.21 bits per heavy atom. The summed E-state index contributed by atoms with van der Waals surface area (Å²) >= 11 is 0. The molecule has 6 aromatic carbocycles. The Balaban J connectivity index is 1.27. The van der Waals surface area contributed by atoms with E-state index in [0.717, 1.165) is 72.6 Å². The van der Waals surface area contributed by atoms with E-state index in [-0.39, 0.29) is 5.75 Å². The monoisotopic (exact) mass is 619 g/mol. The van der Waals surface area contributed by atoms with Gasteiger partial charge < -0.3 is 9.67 Å². The summed E-state index contributed by atoms with van der Waals surface area (Å²) in [6, 6.07) is 54.1. The predicted octanol–water partition coefficient (Wildman–Crippen LogP) is 10.6. The lowest BCUT2D eigenvalue weighted by molar-refractivity contribution is 0.476. The fourth-order valence-electron chi connectivity index (χ4n) is 6.57. The summed E-state index contributed by atoms with van der Waals surface area (Å²) in [7, 11) is 2.03. The van der Waals surface area contributed by atoms with E-state index in [4.69, 9.17) is 9.97 Å². The van der Waals surface area contributed by atoms with Gasteiger partial charge in [0.25, 0.3) is 0 Å². The largest absolute Gasteiger partial charge is 0.507 e. The molecule has 8 rings (SSSR count). The Kier molecular flexibility index (Phi) is 7.60. The van der Waals surface area contributed by atoms with Crippen LogP contribution in [-0.4, -0.2) is 19.6 Å². The first-order chi connectivity index (χ1) is 23.6. The quantitative estimate of drug-likeness (QED) is 0.193. The standard InChI is InChI=1S/C44H33N3O/c1-47-40-21-12-20-38(43(40)46-44(47)42-33(19-11-22-41(42)48)25-30-13-5-2-6-14-30)36-26-35(32-17-9-4-10-18-32)27-37(28-36)39-24-23-34(29-45-39)31-15-7-3-8-16-31/h2-24,26-29,48H,25H2,1H3. The van der Waals surface area contributed by atoms with Gasteiger partial charge in [0, 0.05) is 29.9 Å². The van der Waals surface area contributed by atoms with Crippen molar-refractivity contribution in [2.24, 2.45) is 7.05 Å². The summed E-state index contributed by atoms with van der Waals surface area (Å²) in [5, 5.41) is 11.2. The minimum atomic E-state index is 0.224. The van der Waals surface area contributed by atoms with Crippen LogP contribution in [0.25, 0.3) is 67.1 Å². The summed E-state index contributed by atoms with van der Waals surface area (Å²) < 4.78 is 2.09. The van der Waals surface area contributed by atoms with Gasteiger partial charge >= 0.3 is 0 Å². The van der Waals surface area contributed by atoms with Gasteiger partial charge in [0.15, 0.2) is 0 Å². The highest BCUT2D eigenvalue weighted by Crippen LogP contribution is 2.39. The lowest BCUT2D eigenvalue weighted by Gasteiger charge is -2.12. The van der Waals surface area contributed by atoms with Crippen molar-refractivity contribution < 1.29 is 5.11 Å². The number of aromatic nitrogens is 3. The highest BCUT2D eigenvalue weighted by atomic mass is 16.3. The summed E-state index contributed by atoms with van der Waals surface area (Å²) in [5.41, 5.74) is 13.3. The lowest BCUT2D eigenvalue weighted by atomic mass is 9.94. The van der Waals surface area contributed by atoms with Crippen LogP contribution in [0.1, 0.15) is 11.1 Å². The third-order valence-corrected chi connectivity index (χ3v) is 9.02. The average Bonchev–Trinajstić information content (AvgIpc) is 3.48. The van der Waals surface area contributed by atoms with Crippen LogP contribution in [0.5, 0.6) is 5.75 Å². The maximum Gasteiger partial charge on any atom is 0.144 e. The number of benzene rings is 6. The summed E-state index contributed by atoms with van der Waals surface area (Å²) in [5.74, 6) is 0.959. The Morgan fingerprint density at radius 3 is 1.92 bits per heavy atom. The average molecular weight is 620 g/mol. The fraction of sp³-hybridized carbons (Fsp3) is 0.0455. The van der Waals surface area contributed by atoms with Gasteiger partial charge in [-0.1, -0.05) is 121 Å². The van der Waals surface area contributed by atoms with Crippen LogP contribution in [0, 0.1) is 0 Å². The van der Waals surface area contributed by atoms with E-state index in [1.165, 1.54) is 5.56 Å². The van der Waals surface area contributed by atoms with Gasteiger partial charge in [0.1, 0.15) is 11.6 Å². The van der Waals surface area contributed by atoms with Crippen molar-refractivity contribution in [2.75, 3.05) is 0 Å². The van der Waals surface area contributed by atoms with Crippen molar-refractivity contribution in [3.8, 4) is 61.8 Å². The van der Waals surface area contributed by atoms with E-state index in [1.54, 1.807) is 6.07 Å². The molecule has 0 amide bonds. The molecular formula is C44H33N3O.